The Morgan fingerprint density at radius 1 is 1.29 bits per heavy atom. The average Bonchev–Trinajstić information content (AvgIpc) is 2.90. The molecule has 0 saturated heterocycles. The molecule has 0 aliphatic heterocycles. The maximum absolute atomic E-state index is 8.93. The molecule has 2 aromatic rings. The minimum atomic E-state index is -0.0707. The van der Waals surface area contributed by atoms with Gasteiger partial charge in [0.25, 0.3) is 0 Å². The quantitative estimate of drug-likeness (QED) is 0.867. The molecule has 0 bridgehead atoms. The molecule has 1 aromatic carbocycles. The Kier molecular flexibility index (Phi) is 5.63. The normalized spacial score (nSPS) is 13.4. The van der Waals surface area contributed by atoms with Crippen molar-refractivity contribution in [2.45, 2.75) is 25.4 Å². The molecule has 0 amide bonds. The first kappa shape index (κ1) is 15.8. The standard InChI is InChI=1S/C16H18ClN3S/c1-12(19)16(14-8-9-15(17)21-14)20(11-5-10-18)13-6-3-2-4-7-13/h2-4,6-9,12,16H,5,11,19H2,1H3. The van der Waals surface area contributed by atoms with Crippen molar-refractivity contribution in [3.05, 3.63) is 51.7 Å². The van der Waals surface area contributed by atoms with Gasteiger partial charge < -0.3 is 10.6 Å². The van der Waals surface area contributed by atoms with E-state index in [1.807, 2.05) is 49.4 Å². The van der Waals surface area contributed by atoms with Crippen molar-refractivity contribution in [3.8, 4) is 6.07 Å². The highest BCUT2D eigenvalue weighted by Crippen LogP contribution is 2.35. The summed E-state index contributed by atoms with van der Waals surface area (Å²) in [5, 5.41) is 8.93. The van der Waals surface area contributed by atoms with Crippen molar-refractivity contribution in [2.24, 2.45) is 5.73 Å². The Balaban J connectivity index is 2.38. The Bertz CT molecular complexity index is 603. The number of nitrogens with zero attached hydrogens (tertiary/aromatic N) is 2. The van der Waals surface area contributed by atoms with Crippen LogP contribution >= 0.6 is 22.9 Å². The molecular formula is C16H18ClN3S. The number of nitriles is 1. The van der Waals surface area contributed by atoms with Crippen LogP contribution in [0.5, 0.6) is 0 Å². The summed E-state index contributed by atoms with van der Waals surface area (Å²) in [6.07, 6.45) is 0.456. The first-order valence-corrected chi connectivity index (χ1v) is 8.02. The zero-order valence-corrected chi connectivity index (χ0v) is 13.4. The monoisotopic (exact) mass is 319 g/mol. The predicted molar refractivity (Wildman–Crippen MR) is 89.7 cm³/mol. The van der Waals surface area contributed by atoms with Crippen LogP contribution in [0.1, 0.15) is 24.3 Å². The van der Waals surface area contributed by atoms with Gasteiger partial charge in [0.05, 0.1) is 22.9 Å². The molecule has 0 spiro atoms. The predicted octanol–water partition coefficient (Wildman–Crippen LogP) is 4.21. The van der Waals surface area contributed by atoms with Gasteiger partial charge in [-0.25, -0.2) is 0 Å². The van der Waals surface area contributed by atoms with Crippen molar-refractivity contribution in [2.75, 3.05) is 11.4 Å². The third-order valence-corrected chi connectivity index (χ3v) is 4.57. The van der Waals surface area contributed by atoms with Crippen LogP contribution in [0.3, 0.4) is 0 Å². The zero-order valence-electron chi connectivity index (χ0n) is 11.9. The van der Waals surface area contributed by atoms with Gasteiger partial charge in [0.15, 0.2) is 0 Å². The number of anilines is 1. The fraction of sp³-hybridized carbons (Fsp3) is 0.312. The van der Waals surface area contributed by atoms with Gasteiger partial charge in [0.2, 0.25) is 0 Å². The number of thiophene rings is 1. The zero-order chi connectivity index (χ0) is 15.2. The lowest BCUT2D eigenvalue weighted by Gasteiger charge is -2.35. The second kappa shape index (κ2) is 7.46. The second-order valence-corrected chi connectivity index (χ2v) is 6.63. The largest absolute Gasteiger partial charge is 0.361 e. The number of hydrogen-bond acceptors (Lipinski definition) is 4. The van der Waals surface area contributed by atoms with Gasteiger partial charge in [-0.2, -0.15) is 5.26 Å². The Morgan fingerprint density at radius 2 is 2.00 bits per heavy atom. The third kappa shape index (κ3) is 3.98. The van der Waals surface area contributed by atoms with E-state index in [9.17, 15) is 0 Å². The molecule has 3 nitrogen and oxygen atoms in total. The summed E-state index contributed by atoms with van der Waals surface area (Å²) in [6, 6.07) is 16.1. The van der Waals surface area contributed by atoms with Gasteiger partial charge in [-0.05, 0) is 31.2 Å². The molecule has 5 heteroatoms. The van der Waals surface area contributed by atoms with E-state index in [1.54, 1.807) is 11.3 Å². The average molecular weight is 320 g/mol. The van der Waals surface area contributed by atoms with E-state index in [-0.39, 0.29) is 12.1 Å². The molecule has 1 aromatic heterocycles. The van der Waals surface area contributed by atoms with Gasteiger partial charge in [0.1, 0.15) is 0 Å². The first-order chi connectivity index (χ1) is 10.1. The highest BCUT2D eigenvalue weighted by molar-refractivity contribution is 7.16. The van der Waals surface area contributed by atoms with E-state index in [1.165, 1.54) is 0 Å². The van der Waals surface area contributed by atoms with Crippen LogP contribution in [0.2, 0.25) is 4.34 Å². The lowest BCUT2D eigenvalue weighted by Crippen LogP contribution is -2.39. The van der Waals surface area contributed by atoms with E-state index in [2.05, 4.69) is 11.0 Å². The minimum Gasteiger partial charge on any atom is -0.361 e. The van der Waals surface area contributed by atoms with E-state index in [4.69, 9.17) is 22.6 Å². The Morgan fingerprint density at radius 3 is 2.52 bits per heavy atom. The lowest BCUT2D eigenvalue weighted by atomic mass is 10.1. The molecule has 2 rings (SSSR count). The van der Waals surface area contributed by atoms with Crippen LogP contribution < -0.4 is 10.6 Å². The summed E-state index contributed by atoms with van der Waals surface area (Å²) in [7, 11) is 0. The highest BCUT2D eigenvalue weighted by Gasteiger charge is 2.25. The fourth-order valence-corrected chi connectivity index (χ4v) is 3.69. The van der Waals surface area contributed by atoms with Crippen LogP contribution in [0, 0.1) is 11.3 Å². The Hall–Kier alpha value is -1.54. The Labute approximate surface area is 134 Å². The molecule has 0 aliphatic carbocycles. The van der Waals surface area contributed by atoms with Crippen LogP contribution in [0.15, 0.2) is 42.5 Å². The van der Waals surface area contributed by atoms with E-state index in [0.717, 1.165) is 14.9 Å². The highest BCUT2D eigenvalue weighted by atomic mass is 35.5. The molecular weight excluding hydrogens is 302 g/mol. The molecule has 0 aliphatic rings. The van der Waals surface area contributed by atoms with Gasteiger partial charge in [-0.3, -0.25) is 0 Å². The lowest BCUT2D eigenvalue weighted by molar-refractivity contribution is 0.539. The number of hydrogen-bond donors (Lipinski definition) is 1. The molecule has 110 valence electrons. The molecule has 2 N–H and O–H groups in total. The van der Waals surface area contributed by atoms with Crippen LogP contribution in [-0.2, 0) is 0 Å². The van der Waals surface area contributed by atoms with Crippen molar-refractivity contribution < 1.29 is 0 Å². The fourth-order valence-electron chi connectivity index (χ4n) is 2.40. The minimum absolute atomic E-state index is 0.0123. The van der Waals surface area contributed by atoms with Crippen molar-refractivity contribution in [3.63, 3.8) is 0 Å². The summed E-state index contributed by atoms with van der Waals surface area (Å²) in [5.41, 5.74) is 7.30. The first-order valence-electron chi connectivity index (χ1n) is 6.83. The van der Waals surface area contributed by atoms with Crippen molar-refractivity contribution >= 4 is 28.6 Å². The van der Waals surface area contributed by atoms with Crippen molar-refractivity contribution in [1.29, 1.82) is 5.26 Å². The van der Waals surface area contributed by atoms with Crippen LogP contribution in [-0.4, -0.2) is 12.6 Å². The maximum Gasteiger partial charge on any atom is 0.0932 e. The summed E-state index contributed by atoms with van der Waals surface area (Å²) < 4.78 is 0.754. The molecule has 2 unspecified atom stereocenters. The van der Waals surface area contributed by atoms with Gasteiger partial charge in [-0.1, -0.05) is 29.8 Å². The second-order valence-electron chi connectivity index (χ2n) is 4.88. The van der Waals surface area contributed by atoms with Gasteiger partial charge >= 0.3 is 0 Å². The topological polar surface area (TPSA) is 53.0 Å². The smallest absolute Gasteiger partial charge is 0.0932 e. The molecule has 0 radical (unpaired) electrons. The molecule has 1 heterocycles. The SMILES string of the molecule is CC(N)C(c1ccc(Cl)s1)N(CCC#N)c1ccccc1. The number of rotatable bonds is 6. The summed E-state index contributed by atoms with van der Waals surface area (Å²) in [5.74, 6) is 0. The number of nitrogens with two attached hydrogens (primary N) is 1. The van der Waals surface area contributed by atoms with Crippen LogP contribution in [0.25, 0.3) is 0 Å². The molecule has 21 heavy (non-hydrogen) atoms. The van der Waals surface area contributed by atoms with Gasteiger partial charge in [0, 0.05) is 23.2 Å². The van der Waals surface area contributed by atoms with E-state index in [0.29, 0.717) is 13.0 Å². The van der Waals surface area contributed by atoms with E-state index < -0.39 is 0 Å². The summed E-state index contributed by atoms with van der Waals surface area (Å²) in [4.78, 5) is 3.31. The molecule has 0 fully saturated rings. The van der Waals surface area contributed by atoms with E-state index >= 15 is 0 Å². The molecule has 0 saturated carbocycles. The number of para-hydroxylation sites is 1. The van der Waals surface area contributed by atoms with Crippen LogP contribution in [0.4, 0.5) is 5.69 Å². The molecule has 2 atom stereocenters. The van der Waals surface area contributed by atoms with Crippen molar-refractivity contribution in [1.82, 2.24) is 0 Å². The summed E-state index contributed by atoms with van der Waals surface area (Å²) >= 11 is 7.61. The summed E-state index contributed by atoms with van der Waals surface area (Å²) in [6.45, 7) is 2.63. The number of halogens is 1. The maximum atomic E-state index is 8.93. The van der Waals surface area contributed by atoms with Gasteiger partial charge in [-0.15, -0.1) is 11.3 Å². The third-order valence-electron chi connectivity index (χ3n) is 3.27. The number of benzene rings is 1.